The number of nitro groups is 1. The Hall–Kier alpha value is -1.33. The molecule has 1 aromatic carbocycles. The Bertz CT molecular complexity index is 453. The van der Waals surface area contributed by atoms with Crippen LogP contribution in [0.1, 0.15) is 19.3 Å². The van der Waals surface area contributed by atoms with Gasteiger partial charge >= 0.3 is 5.69 Å². The van der Waals surface area contributed by atoms with Gasteiger partial charge in [-0.3, -0.25) is 10.1 Å². The van der Waals surface area contributed by atoms with Crippen LogP contribution in [0, 0.1) is 16.0 Å². The highest BCUT2D eigenvalue weighted by molar-refractivity contribution is 6.33. The van der Waals surface area contributed by atoms with Crippen LogP contribution in [-0.2, 0) is 0 Å². The van der Waals surface area contributed by atoms with E-state index < -0.39 is 4.92 Å². The first-order valence-electron chi connectivity index (χ1n) is 6.03. The van der Waals surface area contributed by atoms with Gasteiger partial charge in [-0.05, 0) is 37.4 Å². The third-order valence-electron chi connectivity index (χ3n) is 3.47. The number of anilines is 1. The van der Waals surface area contributed by atoms with E-state index in [9.17, 15) is 10.1 Å². The highest BCUT2D eigenvalue weighted by Crippen LogP contribution is 2.35. The fourth-order valence-electron chi connectivity index (χ4n) is 2.53. The van der Waals surface area contributed by atoms with E-state index in [1.165, 1.54) is 6.07 Å². The van der Waals surface area contributed by atoms with Crippen LogP contribution in [0.5, 0.6) is 0 Å². The predicted octanol–water partition coefficient (Wildman–Crippen LogP) is 2.79. The summed E-state index contributed by atoms with van der Waals surface area (Å²) in [6.07, 6.45) is 3.17. The van der Waals surface area contributed by atoms with Gasteiger partial charge < -0.3 is 11.1 Å². The molecule has 6 heteroatoms. The van der Waals surface area contributed by atoms with Crippen molar-refractivity contribution < 1.29 is 4.92 Å². The van der Waals surface area contributed by atoms with Crippen molar-refractivity contribution >= 4 is 23.0 Å². The summed E-state index contributed by atoms with van der Waals surface area (Å²) in [6.45, 7) is 0.603. The summed E-state index contributed by atoms with van der Waals surface area (Å²) >= 11 is 5.87. The van der Waals surface area contributed by atoms with Crippen molar-refractivity contribution in [3.05, 3.63) is 33.3 Å². The molecule has 1 fully saturated rings. The van der Waals surface area contributed by atoms with Crippen molar-refractivity contribution in [2.75, 3.05) is 11.9 Å². The maximum absolute atomic E-state index is 11.0. The molecule has 0 heterocycles. The zero-order valence-electron chi connectivity index (χ0n) is 9.93. The van der Waals surface area contributed by atoms with Crippen LogP contribution in [0.2, 0.25) is 5.02 Å². The van der Waals surface area contributed by atoms with Crippen LogP contribution in [0.4, 0.5) is 11.4 Å². The van der Waals surface area contributed by atoms with Gasteiger partial charge in [-0.25, -0.2) is 0 Å². The molecule has 0 bridgehead atoms. The fourth-order valence-corrected chi connectivity index (χ4v) is 2.77. The van der Waals surface area contributed by atoms with Crippen LogP contribution in [0.15, 0.2) is 18.2 Å². The molecule has 0 aliphatic heterocycles. The third-order valence-corrected chi connectivity index (χ3v) is 3.78. The smallest absolute Gasteiger partial charge is 0.310 e. The first kappa shape index (κ1) is 13.1. The lowest BCUT2D eigenvalue weighted by molar-refractivity contribution is -0.383. The van der Waals surface area contributed by atoms with Gasteiger partial charge in [0.1, 0.15) is 10.7 Å². The van der Waals surface area contributed by atoms with E-state index >= 15 is 0 Å². The van der Waals surface area contributed by atoms with Crippen molar-refractivity contribution in [3.63, 3.8) is 0 Å². The fraction of sp³-hybridized carbons (Fsp3) is 0.500. The summed E-state index contributed by atoms with van der Waals surface area (Å²) in [4.78, 5) is 10.6. The maximum atomic E-state index is 11.0. The highest BCUT2D eigenvalue weighted by Gasteiger charge is 2.28. The molecule has 0 saturated heterocycles. The summed E-state index contributed by atoms with van der Waals surface area (Å²) in [6, 6.07) is 5.13. The van der Waals surface area contributed by atoms with E-state index in [4.69, 9.17) is 17.3 Å². The zero-order valence-corrected chi connectivity index (χ0v) is 10.7. The second-order valence-corrected chi connectivity index (χ2v) is 4.98. The molecule has 1 aliphatic carbocycles. The number of rotatable bonds is 4. The van der Waals surface area contributed by atoms with Crippen LogP contribution in [0.3, 0.4) is 0 Å². The van der Waals surface area contributed by atoms with E-state index in [-0.39, 0.29) is 16.8 Å². The number of nitrogens with two attached hydrogens (primary N) is 1. The quantitative estimate of drug-likeness (QED) is 0.650. The SMILES string of the molecule is NCC1CCCC1Nc1cccc(Cl)c1[N+](=O)[O-]. The number of para-hydroxylation sites is 1. The van der Waals surface area contributed by atoms with Gasteiger partial charge in [-0.2, -0.15) is 0 Å². The Morgan fingerprint density at radius 2 is 2.28 bits per heavy atom. The predicted molar refractivity (Wildman–Crippen MR) is 71.9 cm³/mol. The molecule has 3 N–H and O–H groups in total. The Labute approximate surface area is 110 Å². The maximum Gasteiger partial charge on any atom is 0.310 e. The summed E-state index contributed by atoms with van der Waals surface area (Å²) in [7, 11) is 0. The van der Waals surface area contributed by atoms with Gasteiger partial charge in [-0.1, -0.05) is 24.1 Å². The van der Waals surface area contributed by atoms with Gasteiger partial charge in [0.25, 0.3) is 0 Å². The molecular formula is C12H16ClN3O2. The Balaban J connectivity index is 2.23. The number of nitrogens with one attached hydrogen (secondary N) is 1. The van der Waals surface area contributed by atoms with Gasteiger partial charge in [0.05, 0.1) is 4.92 Å². The lowest BCUT2D eigenvalue weighted by Gasteiger charge is -2.20. The molecule has 1 aromatic rings. The van der Waals surface area contributed by atoms with E-state index in [1.807, 2.05) is 0 Å². The van der Waals surface area contributed by atoms with Crippen molar-refractivity contribution in [3.8, 4) is 0 Å². The second-order valence-electron chi connectivity index (χ2n) is 4.57. The number of nitro benzene ring substituents is 1. The van der Waals surface area contributed by atoms with E-state index in [0.29, 0.717) is 18.2 Å². The average molecular weight is 270 g/mol. The van der Waals surface area contributed by atoms with Gasteiger partial charge in [0, 0.05) is 6.04 Å². The topological polar surface area (TPSA) is 81.2 Å². The molecule has 0 radical (unpaired) electrons. The molecule has 0 aromatic heterocycles. The molecule has 2 unspecified atom stereocenters. The first-order valence-corrected chi connectivity index (χ1v) is 6.40. The molecule has 0 spiro atoms. The zero-order chi connectivity index (χ0) is 13.1. The van der Waals surface area contributed by atoms with Crippen LogP contribution < -0.4 is 11.1 Å². The van der Waals surface area contributed by atoms with Gasteiger partial charge in [0.15, 0.2) is 0 Å². The highest BCUT2D eigenvalue weighted by atomic mass is 35.5. The van der Waals surface area contributed by atoms with Crippen LogP contribution in [0.25, 0.3) is 0 Å². The standard InChI is InChI=1S/C12H16ClN3O2/c13-9-4-2-6-11(12(9)16(17)18)15-10-5-1-3-8(10)7-14/h2,4,6,8,10,15H,1,3,5,7,14H2. The van der Waals surface area contributed by atoms with E-state index in [2.05, 4.69) is 5.32 Å². The van der Waals surface area contributed by atoms with Crippen molar-refractivity contribution in [1.82, 2.24) is 0 Å². The largest absolute Gasteiger partial charge is 0.376 e. The van der Waals surface area contributed by atoms with Crippen LogP contribution in [-0.4, -0.2) is 17.5 Å². The number of benzene rings is 1. The molecule has 5 nitrogen and oxygen atoms in total. The normalized spacial score (nSPS) is 23.0. The number of halogens is 1. The summed E-state index contributed by atoms with van der Waals surface area (Å²) in [5, 5.41) is 14.4. The number of hydrogen-bond donors (Lipinski definition) is 2. The molecule has 2 rings (SSSR count). The number of hydrogen-bond acceptors (Lipinski definition) is 4. The first-order chi connectivity index (χ1) is 8.63. The Kier molecular flexibility index (Phi) is 4.04. The molecule has 98 valence electrons. The molecule has 18 heavy (non-hydrogen) atoms. The lowest BCUT2D eigenvalue weighted by Crippen LogP contribution is -2.29. The van der Waals surface area contributed by atoms with Crippen molar-refractivity contribution in [2.45, 2.75) is 25.3 Å². The Morgan fingerprint density at radius 1 is 1.50 bits per heavy atom. The molecule has 1 saturated carbocycles. The lowest BCUT2D eigenvalue weighted by atomic mass is 10.0. The van der Waals surface area contributed by atoms with Crippen LogP contribution >= 0.6 is 11.6 Å². The van der Waals surface area contributed by atoms with E-state index in [1.54, 1.807) is 12.1 Å². The molecule has 2 atom stereocenters. The summed E-state index contributed by atoms with van der Waals surface area (Å²) in [5.74, 6) is 0.378. The molecule has 0 amide bonds. The minimum absolute atomic E-state index is 0.0539. The van der Waals surface area contributed by atoms with Gasteiger partial charge in [0.2, 0.25) is 0 Å². The van der Waals surface area contributed by atoms with Crippen molar-refractivity contribution in [2.24, 2.45) is 11.7 Å². The average Bonchev–Trinajstić information content (AvgIpc) is 2.76. The Morgan fingerprint density at radius 3 is 2.94 bits per heavy atom. The third kappa shape index (κ3) is 2.57. The summed E-state index contributed by atoms with van der Waals surface area (Å²) < 4.78 is 0. The minimum atomic E-state index is -0.447. The summed E-state index contributed by atoms with van der Waals surface area (Å²) in [5.41, 5.74) is 6.14. The van der Waals surface area contributed by atoms with E-state index in [0.717, 1.165) is 19.3 Å². The second kappa shape index (κ2) is 5.54. The molecule has 1 aliphatic rings. The minimum Gasteiger partial charge on any atom is -0.376 e. The van der Waals surface area contributed by atoms with Crippen molar-refractivity contribution in [1.29, 1.82) is 0 Å². The monoisotopic (exact) mass is 269 g/mol. The van der Waals surface area contributed by atoms with Gasteiger partial charge in [-0.15, -0.1) is 0 Å². The molecular weight excluding hydrogens is 254 g/mol. The number of nitrogens with zero attached hydrogens (tertiary/aromatic N) is 1.